The summed E-state index contributed by atoms with van der Waals surface area (Å²) in [5, 5.41) is 12.4. The number of carboxylic acids is 1. The van der Waals surface area contributed by atoms with Gasteiger partial charge in [-0.15, -0.1) is 0 Å². The maximum Gasteiger partial charge on any atom is 0.307 e. The molecule has 2 aliphatic rings. The molecule has 0 aromatic heterocycles. The molecule has 3 nitrogen and oxygen atoms in total. The molecule has 1 aliphatic carbocycles. The molecule has 1 aliphatic heterocycles. The van der Waals surface area contributed by atoms with Crippen LogP contribution in [0.5, 0.6) is 0 Å². The van der Waals surface area contributed by atoms with E-state index in [1.807, 2.05) is 6.07 Å². The summed E-state index contributed by atoms with van der Waals surface area (Å²) in [7, 11) is 0. The predicted octanol–water partition coefficient (Wildman–Crippen LogP) is 2.18. The third-order valence-electron chi connectivity index (χ3n) is 4.10. The van der Waals surface area contributed by atoms with Gasteiger partial charge in [0, 0.05) is 5.41 Å². The molecule has 0 unspecified atom stereocenters. The molecule has 0 radical (unpaired) electrons. The minimum Gasteiger partial charge on any atom is -0.481 e. The van der Waals surface area contributed by atoms with E-state index in [0.29, 0.717) is 0 Å². The number of hydrogen-bond acceptors (Lipinski definition) is 2. The fraction of sp³-hybridized carbons (Fsp3) is 0.400. The van der Waals surface area contributed by atoms with Gasteiger partial charge in [0.15, 0.2) is 0 Å². The zero-order chi connectivity index (χ0) is 12.6. The van der Waals surface area contributed by atoms with Crippen LogP contribution in [0, 0.1) is 0 Å². The fourth-order valence-electron chi connectivity index (χ4n) is 3.28. The first-order valence-electron chi connectivity index (χ1n) is 6.45. The zero-order valence-electron chi connectivity index (χ0n) is 10.3. The minimum atomic E-state index is -0.748. The lowest BCUT2D eigenvalue weighted by Gasteiger charge is -2.33. The molecular formula is C15H17NO2. The van der Waals surface area contributed by atoms with Crippen LogP contribution < -0.4 is 5.32 Å². The lowest BCUT2D eigenvalue weighted by molar-refractivity contribution is -0.135. The topological polar surface area (TPSA) is 49.3 Å². The van der Waals surface area contributed by atoms with Crippen molar-refractivity contribution in [1.82, 2.24) is 5.32 Å². The van der Waals surface area contributed by atoms with Gasteiger partial charge >= 0.3 is 5.97 Å². The number of allylic oxidation sites excluding steroid dienone is 1. The SMILES string of the molecule is O=C(O)CC1=CC2(CCNCC2)c2ccccc21. The Balaban J connectivity index is 2.06. The Morgan fingerprint density at radius 2 is 2.00 bits per heavy atom. The number of carbonyl (C=O) groups is 1. The van der Waals surface area contributed by atoms with Gasteiger partial charge in [0.05, 0.1) is 6.42 Å². The van der Waals surface area contributed by atoms with Crippen LogP contribution in [0.25, 0.3) is 5.57 Å². The van der Waals surface area contributed by atoms with E-state index >= 15 is 0 Å². The number of hydrogen-bond donors (Lipinski definition) is 2. The van der Waals surface area contributed by atoms with Crippen LogP contribution in [0.15, 0.2) is 30.3 Å². The number of piperidine rings is 1. The zero-order valence-corrected chi connectivity index (χ0v) is 10.3. The summed E-state index contributed by atoms with van der Waals surface area (Å²) >= 11 is 0. The van der Waals surface area contributed by atoms with Crippen LogP contribution in [0.2, 0.25) is 0 Å². The van der Waals surface area contributed by atoms with Gasteiger partial charge in [-0.1, -0.05) is 30.3 Å². The van der Waals surface area contributed by atoms with Gasteiger partial charge in [-0.3, -0.25) is 4.79 Å². The highest BCUT2D eigenvalue weighted by Gasteiger charge is 2.38. The molecule has 0 bridgehead atoms. The Morgan fingerprint density at radius 1 is 1.28 bits per heavy atom. The monoisotopic (exact) mass is 243 g/mol. The van der Waals surface area contributed by atoms with Crippen molar-refractivity contribution >= 4 is 11.5 Å². The fourth-order valence-corrected chi connectivity index (χ4v) is 3.28. The van der Waals surface area contributed by atoms with Crippen LogP contribution in [0.1, 0.15) is 30.4 Å². The molecule has 1 spiro atoms. The van der Waals surface area contributed by atoms with E-state index in [1.54, 1.807) is 0 Å². The number of nitrogens with one attached hydrogen (secondary N) is 1. The molecule has 3 rings (SSSR count). The van der Waals surface area contributed by atoms with Crippen LogP contribution in [0.3, 0.4) is 0 Å². The molecule has 18 heavy (non-hydrogen) atoms. The second-order valence-electron chi connectivity index (χ2n) is 5.19. The lowest BCUT2D eigenvalue weighted by Crippen LogP contribution is -2.37. The van der Waals surface area contributed by atoms with Crippen molar-refractivity contribution in [3.05, 3.63) is 41.5 Å². The second-order valence-corrected chi connectivity index (χ2v) is 5.19. The number of rotatable bonds is 2. The molecule has 3 heteroatoms. The molecule has 1 aromatic rings. The summed E-state index contributed by atoms with van der Waals surface area (Å²) in [5.41, 5.74) is 3.52. The molecular weight excluding hydrogens is 226 g/mol. The molecule has 0 saturated carbocycles. The molecule has 1 heterocycles. The van der Waals surface area contributed by atoms with Gasteiger partial charge in [-0.05, 0) is 42.6 Å². The standard InChI is InChI=1S/C15H17NO2/c17-14(18)9-11-10-15(5-7-16-8-6-15)13-4-2-1-3-12(11)13/h1-4,10,16H,5-9H2,(H,17,18). The van der Waals surface area contributed by atoms with Crippen molar-refractivity contribution in [2.75, 3.05) is 13.1 Å². The maximum absolute atomic E-state index is 11.0. The molecule has 1 fully saturated rings. The average molecular weight is 243 g/mol. The quantitative estimate of drug-likeness (QED) is 0.837. The van der Waals surface area contributed by atoms with Gasteiger partial charge in [0.25, 0.3) is 0 Å². The Labute approximate surface area is 107 Å². The third-order valence-corrected chi connectivity index (χ3v) is 4.10. The predicted molar refractivity (Wildman–Crippen MR) is 70.5 cm³/mol. The van der Waals surface area contributed by atoms with E-state index in [0.717, 1.165) is 37.1 Å². The summed E-state index contributed by atoms with van der Waals surface area (Å²) < 4.78 is 0. The van der Waals surface area contributed by atoms with Crippen LogP contribution >= 0.6 is 0 Å². The van der Waals surface area contributed by atoms with Crippen LogP contribution in [0.4, 0.5) is 0 Å². The van der Waals surface area contributed by atoms with Crippen molar-refractivity contribution in [3.8, 4) is 0 Å². The highest BCUT2D eigenvalue weighted by molar-refractivity contribution is 5.88. The highest BCUT2D eigenvalue weighted by Crippen LogP contribution is 2.46. The number of aliphatic carboxylic acids is 1. The molecule has 0 atom stereocenters. The van der Waals surface area contributed by atoms with Gasteiger partial charge < -0.3 is 10.4 Å². The Hall–Kier alpha value is -1.61. The van der Waals surface area contributed by atoms with Crippen molar-refractivity contribution in [1.29, 1.82) is 0 Å². The van der Waals surface area contributed by atoms with Crippen molar-refractivity contribution < 1.29 is 9.90 Å². The maximum atomic E-state index is 11.0. The minimum absolute atomic E-state index is 0.0760. The van der Waals surface area contributed by atoms with Crippen molar-refractivity contribution in [2.45, 2.75) is 24.7 Å². The lowest BCUT2D eigenvalue weighted by atomic mass is 9.75. The number of fused-ring (bicyclic) bond motifs is 2. The average Bonchev–Trinajstić information content (AvgIpc) is 2.65. The third kappa shape index (κ3) is 1.75. The molecule has 1 aromatic carbocycles. The second kappa shape index (κ2) is 4.25. The largest absolute Gasteiger partial charge is 0.481 e. The van der Waals surface area contributed by atoms with E-state index in [9.17, 15) is 4.79 Å². The van der Waals surface area contributed by atoms with E-state index in [2.05, 4.69) is 29.6 Å². The molecule has 2 N–H and O–H groups in total. The first kappa shape index (κ1) is 11.5. The number of benzene rings is 1. The number of carboxylic acid groups (broad SMARTS) is 1. The summed E-state index contributed by atoms with van der Waals surface area (Å²) in [6, 6.07) is 8.27. The van der Waals surface area contributed by atoms with E-state index < -0.39 is 5.97 Å². The van der Waals surface area contributed by atoms with Crippen LogP contribution in [-0.2, 0) is 10.2 Å². The summed E-state index contributed by atoms with van der Waals surface area (Å²) in [4.78, 5) is 11.0. The van der Waals surface area contributed by atoms with Crippen LogP contribution in [-0.4, -0.2) is 24.2 Å². The molecule has 0 amide bonds. The molecule has 1 saturated heterocycles. The summed E-state index contributed by atoms with van der Waals surface area (Å²) in [6.07, 6.45) is 4.47. The Kier molecular flexibility index (Phi) is 2.71. The normalized spacial score (nSPS) is 20.6. The van der Waals surface area contributed by atoms with E-state index in [-0.39, 0.29) is 11.8 Å². The smallest absolute Gasteiger partial charge is 0.307 e. The Bertz CT molecular complexity index is 513. The Morgan fingerprint density at radius 3 is 2.72 bits per heavy atom. The van der Waals surface area contributed by atoms with Crippen molar-refractivity contribution in [2.24, 2.45) is 0 Å². The van der Waals surface area contributed by atoms with Gasteiger partial charge in [-0.25, -0.2) is 0 Å². The first-order valence-corrected chi connectivity index (χ1v) is 6.45. The van der Waals surface area contributed by atoms with Gasteiger partial charge in [0.2, 0.25) is 0 Å². The summed E-state index contributed by atoms with van der Waals surface area (Å²) in [5.74, 6) is -0.748. The van der Waals surface area contributed by atoms with E-state index in [4.69, 9.17) is 5.11 Å². The first-order chi connectivity index (χ1) is 8.71. The highest BCUT2D eigenvalue weighted by atomic mass is 16.4. The van der Waals surface area contributed by atoms with Crippen molar-refractivity contribution in [3.63, 3.8) is 0 Å². The molecule has 94 valence electrons. The van der Waals surface area contributed by atoms with Gasteiger partial charge in [0.1, 0.15) is 0 Å². The van der Waals surface area contributed by atoms with Gasteiger partial charge in [-0.2, -0.15) is 0 Å². The van der Waals surface area contributed by atoms with E-state index in [1.165, 1.54) is 5.56 Å². The summed E-state index contributed by atoms with van der Waals surface area (Å²) in [6.45, 7) is 2.01.